The lowest BCUT2D eigenvalue weighted by atomic mass is 9.93. The van der Waals surface area contributed by atoms with Gasteiger partial charge >= 0.3 is 0 Å². The lowest BCUT2D eigenvalue weighted by Gasteiger charge is -2.27. The van der Waals surface area contributed by atoms with Crippen LogP contribution in [0, 0.1) is 16.0 Å². The van der Waals surface area contributed by atoms with Crippen LogP contribution in [0.4, 0.5) is 11.4 Å². The number of rotatable bonds is 4. The van der Waals surface area contributed by atoms with E-state index in [-0.39, 0.29) is 10.6 Å². The van der Waals surface area contributed by atoms with Crippen molar-refractivity contribution in [2.75, 3.05) is 11.9 Å². The van der Waals surface area contributed by atoms with E-state index in [9.17, 15) is 10.1 Å². The Morgan fingerprint density at radius 2 is 2.14 bits per heavy atom. The van der Waals surface area contributed by atoms with Gasteiger partial charge in [-0.1, -0.05) is 6.42 Å². The molecule has 1 aromatic rings. The summed E-state index contributed by atoms with van der Waals surface area (Å²) in [4.78, 5) is 10.4. The van der Waals surface area contributed by atoms with Crippen molar-refractivity contribution in [2.24, 2.45) is 5.92 Å². The molecular formula is C15H20BrN3O2. The average molecular weight is 354 g/mol. The third kappa shape index (κ3) is 3.21. The minimum Gasteiger partial charge on any atom is -0.381 e. The third-order valence-corrected chi connectivity index (χ3v) is 5.35. The molecule has 1 saturated heterocycles. The lowest BCUT2D eigenvalue weighted by molar-refractivity contribution is -0.384. The number of nitro benzene ring substituents is 1. The molecule has 0 amide bonds. The first-order chi connectivity index (χ1) is 10.1. The number of benzene rings is 1. The lowest BCUT2D eigenvalue weighted by Crippen LogP contribution is -2.38. The maximum atomic E-state index is 10.8. The number of nitrogens with zero attached hydrogens (tertiary/aromatic N) is 1. The van der Waals surface area contributed by atoms with Crippen molar-refractivity contribution in [2.45, 2.75) is 44.2 Å². The summed E-state index contributed by atoms with van der Waals surface area (Å²) in [5.74, 6) is 0.662. The smallest absolute Gasteiger partial charge is 0.270 e. The highest BCUT2D eigenvalue weighted by Gasteiger charge is 2.35. The maximum absolute atomic E-state index is 10.8. The second-order valence-corrected chi connectivity index (χ2v) is 6.82. The van der Waals surface area contributed by atoms with Gasteiger partial charge in [-0.05, 0) is 60.1 Å². The van der Waals surface area contributed by atoms with E-state index in [1.165, 1.54) is 32.1 Å². The molecule has 2 fully saturated rings. The SMILES string of the molecule is O=[N+]([O-])c1ccc(NC2CCCC2C2CCCN2)c(Br)c1. The van der Waals surface area contributed by atoms with Crippen LogP contribution in [0.15, 0.2) is 22.7 Å². The van der Waals surface area contributed by atoms with Crippen molar-refractivity contribution in [3.63, 3.8) is 0 Å². The van der Waals surface area contributed by atoms with E-state index >= 15 is 0 Å². The standard InChI is InChI=1S/C15H20BrN3O2/c16-12-9-10(19(20)21)6-7-15(12)18-14-4-1-3-11(14)13-5-2-8-17-13/h6-7,9,11,13-14,17-18H,1-5,8H2. The van der Waals surface area contributed by atoms with E-state index in [1.54, 1.807) is 18.2 Å². The van der Waals surface area contributed by atoms with E-state index in [4.69, 9.17) is 0 Å². The van der Waals surface area contributed by atoms with Crippen LogP contribution in [0.2, 0.25) is 0 Å². The zero-order valence-corrected chi connectivity index (χ0v) is 13.4. The molecule has 3 rings (SSSR count). The molecule has 2 aliphatic rings. The van der Waals surface area contributed by atoms with Crippen molar-refractivity contribution in [3.8, 4) is 0 Å². The van der Waals surface area contributed by atoms with Crippen LogP contribution in [-0.4, -0.2) is 23.6 Å². The molecule has 2 N–H and O–H groups in total. The van der Waals surface area contributed by atoms with Gasteiger partial charge in [-0.3, -0.25) is 10.1 Å². The molecule has 3 unspecified atom stereocenters. The number of hydrogen-bond donors (Lipinski definition) is 2. The Bertz CT molecular complexity index is 532. The van der Waals surface area contributed by atoms with E-state index in [0.29, 0.717) is 18.0 Å². The molecule has 1 saturated carbocycles. The third-order valence-electron chi connectivity index (χ3n) is 4.69. The Morgan fingerprint density at radius 1 is 1.29 bits per heavy atom. The van der Waals surface area contributed by atoms with Gasteiger partial charge in [0.2, 0.25) is 0 Å². The summed E-state index contributed by atoms with van der Waals surface area (Å²) in [6.45, 7) is 1.13. The fourth-order valence-corrected chi connectivity index (χ4v) is 4.14. The summed E-state index contributed by atoms with van der Waals surface area (Å²) < 4.78 is 0.765. The van der Waals surface area contributed by atoms with Crippen LogP contribution in [0.25, 0.3) is 0 Å². The summed E-state index contributed by atoms with van der Waals surface area (Å²) in [5, 5.41) is 18.0. The largest absolute Gasteiger partial charge is 0.381 e. The van der Waals surface area contributed by atoms with Crippen LogP contribution < -0.4 is 10.6 Å². The first kappa shape index (κ1) is 14.8. The molecule has 1 aliphatic carbocycles. The molecule has 3 atom stereocenters. The van der Waals surface area contributed by atoms with E-state index in [1.807, 2.05) is 0 Å². The van der Waals surface area contributed by atoms with Crippen molar-refractivity contribution in [1.29, 1.82) is 0 Å². The number of nitro groups is 1. The Labute approximate surface area is 132 Å². The summed E-state index contributed by atoms with van der Waals surface area (Å²) in [6.07, 6.45) is 6.23. The number of halogens is 1. The molecule has 0 bridgehead atoms. The second kappa shape index (κ2) is 6.32. The Kier molecular flexibility index (Phi) is 4.45. The predicted molar refractivity (Wildman–Crippen MR) is 86.6 cm³/mol. The topological polar surface area (TPSA) is 67.2 Å². The molecule has 0 spiro atoms. The number of hydrogen-bond acceptors (Lipinski definition) is 4. The van der Waals surface area contributed by atoms with Gasteiger partial charge in [0.05, 0.1) is 4.92 Å². The van der Waals surface area contributed by atoms with Gasteiger partial charge in [-0.25, -0.2) is 0 Å². The van der Waals surface area contributed by atoms with E-state index in [0.717, 1.165) is 16.7 Å². The predicted octanol–water partition coefficient (Wildman–Crippen LogP) is 3.69. The molecule has 1 aliphatic heterocycles. The number of nitrogens with one attached hydrogen (secondary N) is 2. The molecule has 114 valence electrons. The minimum atomic E-state index is -0.366. The van der Waals surface area contributed by atoms with Gasteiger partial charge < -0.3 is 10.6 Å². The van der Waals surface area contributed by atoms with Crippen LogP contribution >= 0.6 is 15.9 Å². The average Bonchev–Trinajstić information content (AvgIpc) is 3.11. The monoisotopic (exact) mass is 353 g/mol. The van der Waals surface area contributed by atoms with Crippen molar-refractivity contribution in [3.05, 3.63) is 32.8 Å². The van der Waals surface area contributed by atoms with Gasteiger partial charge in [0.15, 0.2) is 0 Å². The molecule has 5 nitrogen and oxygen atoms in total. The summed E-state index contributed by atoms with van der Waals surface area (Å²) in [7, 11) is 0. The van der Waals surface area contributed by atoms with Gasteiger partial charge in [-0.2, -0.15) is 0 Å². The summed E-state index contributed by atoms with van der Waals surface area (Å²) >= 11 is 3.44. The molecule has 21 heavy (non-hydrogen) atoms. The number of anilines is 1. The molecule has 0 radical (unpaired) electrons. The van der Waals surface area contributed by atoms with Crippen LogP contribution in [0.5, 0.6) is 0 Å². The molecule has 1 heterocycles. The summed E-state index contributed by atoms with van der Waals surface area (Å²) in [5.41, 5.74) is 1.07. The van der Waals surface area contributed by atoms with Crippen molar-refractivity contribution >= 4 is 27.3 Å². The van der Waals surface area contributed by atoms with E-state index in [2.05, 4.69) is 26.6 Å². The zero-order valence-electron chi connectivity index (χ0n) is 11.8. The molecular weight excluding hydrogens is 334 g/mol. The first-order valence-electron chi connectivity index (χ1n) is 7.59. The Hall–Kier alpha value is -1.14. The van der Waals surface area contributed by atoms with Crippen LogP contribution in [0.3, 0.4) is 0 Å². The first-order valence-corrected chi connectivity index (χ1v) is 8.38. The molecule has 0 aromatic heterocycles. The van der Waals surface area contributed by atoms with Crippen molar-refractivity contribution in [1.82, 2.24) is 5.32 Å². The Balaban J connectivity index is 1.71. The second-order valence-electron chi connectivity index (χ2n) is 5.97. The maximum Gasteiger partial charge on any atom is 0.270 e. The van der Waals surface area contributed by atoms with E-state index < -0.39 is 0 Å². The quantitative estimate of drug-likeness (QED) is 0.639. The van der Waals surface area contributed by atoms with Gasteiger partial charge in [0.25, 0.3) is 5.69 Å². The van der Waals surface area contributed by atoms with Gasteiger partial charge in [0.1, 0.15) is 0 Å². The van der Waals surface area contributed by atoms with Crippen LogP contribution in [0.1, 0.15) is 32.1 Å². The Morgan fingerprint density at radius 3 is 2.81 bits per heavy atom. The fraction of sp³-hybridized carbons (Fsp3) is 0.600. The van der Waals surface area contributed by atoms with Crippen molar-refractivity contribution < 1.29 is 4.92 Å². The molecule has 1 aromatic carbocycles. The van der Waals surface area contributed by atoms with Gasteiger partial charge in [-0.15, -0.1) is 0 Å². The highest BCUT2D eigenvalue weighted by molar-refractivity contribution is 9.10. The fourth-order valence-electron chi connectivity index (χ4n) is 3.66. The minimum absolute atomic E-state index is 0.118. The van der Waals surface area contributed by atoms with Crippen LogP contribution in [-0.2, 0) is 0 Å². The summed E-state index contributed by atoms with van der Waals surface area (Å²) in [6, 6.07) is 6.02. The number of non-ortho nitro benzene ring substituents is 1. The van der Waals surface area contributed by atoms with Gasteiger partial charge in [0, 0.05) is 34.4 Å². The molecule has 6 heteroatoms. The normalized spacial score (nSPS) is 28.7. The highest BCUT2D eigenvalue weighted by Crippen LogP contribution is 2.36. The zero-order chi connectivity index (χ0) is 14.8. The highest BCUT2D eigenvalue weighted by atomic mass is 79.9.